The van der Waals surface area contributed by atoms with Crippen LogP contribution in [0.3, 0.4) is 0 Å². The van der Waals surface area contributed by atoms with E-state index in [9.17, 15) is 4.79 Å². The maximum Gasteiger partial charge on any atom is 0.254 e. The third kappa shape index (κ3) is 3.99. The Bertz CT molecular complexity index is 768. The van der Waals surface area contributed by atoms with Gasteiger partial charge < -0.3 is 14.4 Å². The molecular weight excluding hydrogens is 328 g/mol. The van der Waals surface area contributed by atoms with Crippen molar-refractivity contribution < 1.29 is 14.3 Å². The quantitative estimate of drug-likeness (QED) is 0.828. The first-order chi connectivity index (χ1) is 12.6. The number of aryl methyl sites for hydroxylation is 1. The molecule has 0 aromatic heterocycles. The van der Waals surface area contributed by atoms with Crippen molar-refractivity contribution in [3.8, 4) is 11.5 Å². The number of hydrogen-bond donors (Lipinski definition) is 0. The van der Waals surface area contributed by atoms with Crippen molar-refractivity contribution >= 4 is 5.91 Å². The Balaban J connectivity index is 1.59. The van der Waals surface area contributed by atoms with E-state index in [1.807, 2.05) is 48.2 Å². The Kier molecular flexibility index (Phi) is 5.78. The van der Waals surface area contributed by atoms with E-state index in [2.05, 4.69) is 11.0 Å². The van der Waals surface area contributed by atoms with Crippen LogP contribution in [0, 0.1) is 6.92 Å². The molecule has 0 radical (unpaired) electrons. The minimum atomic E-state index is 0.133. The number of amides is 1. The highest BCUT2D eigenvalue weighted by molar-refractivity contribution is 5.95. The van der Waals surface area contributed by atoms with Gasteiger partial charge in [0.05, 0.1) is 14.2 Å². The van der Waals surface area contributed by atoms with Crippen LogP contribution in [-0.2, 0) is 6.54 Å². The van der Waals surface area contributed by atoms with Gasteiger partial charge in [0.25, 0.3) is 5.91 Å². The van der Waals surface area contributed by atoms with Crippen LogP contribution in [0.4, 0.5) is 0 Å². The summed E-state index contributed by atoms with van der Waals surface area (Å²) in [4.78, 5) is 17.0. The second-order valence-corrected chi connectivity index (χ2v) is 6.57. The van der Waals surface area contributed by atoms with E-state index in [1.165, 1.54) is 5.56 Å². The average molecular weight is 354 g/mol. The second kappa shape index (κ2) is 8.23. The van der Waals surface area contributed by atoms with Crippen LogP contribution in [0.2, 0.25) is 0 Å². The largest absolute Gasteiger partial charge is 0.493 e. The highest BCUT2D eigenvalue weighted by Gasteiger charge is 2.23. The molecule has 0 spiro atoms. The normalized spacial score (nSPS) is 15.0. The van der Waals surface area contributed by atoms with Gasteiger partial charge >= 0.3 is 0 Å². The summed E-state index contributed by atoms with van der Waals surface area (Å²) in [6, 6.07) is 13.8. The lowest BCUT2D eigenvalue weighted by molar-refractivity contribution is 0.0627. The molecule has 1 aliphatic rings. The van der Waals surface area contributed by atoms with E-state index in [-0.39, 0.29) is 5.91 Å². The number of methoxy groups -OCH3 is 2. The Morgan fingerprint density at radius 1 is 0.962 bits per heavy atom. The predicted molar refractivity (Wildman–Crippen MR) is 102 cm³/mol. The van der Waals surface area contributed by atoms with Crippen LogP contribution in [0.15, 0.2) is 42.5 Å². The van der Waals surface area contributed by atoms with Crippen molar-refractivity contribution in [2.75, 3.05) is 40.4 Å². The summed E-state index contributed by atoms with van der Waals surface area (Å²) in [7, 11) is 3.29. The van der Waals surface area contributed by atoms with Gasteiger partial charge in [-0.15, -0.1) is 0 Å². The van der Waals surface area contributed by atoms with Crippen LogP contribution < -0.4 is 9.47 Å². The molecular formula is C21H26N2O3. The maximum atomic E-state index is 12.7. The summed E-state index contributed by atoms with van der Waals surface area (Å²) in [6.07, 6.45) is 0. The lowest BCUT2D eigenvalue weighted by Gasteiger charge is -2.35. The van der Waals surface area contributed by atoms with Crippen molar-refractivity contribution in [3.63, 3.8) is 0 Å². The van der Waals surface area contributed by atoms with E-state index in [4.69, 9.17) is 9.47 Å². The Morgan fingerprint density at radius 3 is 2.31 bits per heavy atom. The number of rotatable bonds is 5. The standard InChI is InChI=1S/C21H26N2O3/c1-16-6-4-5-7-18(16)21(24)23-12-10-22(11-13-23)15-17-8-9-19(25-2)20(14-17)26-3/h4-9,14H,10-13,15H2,1-3H3. The molecule has 1 aliphatic heterocycles. The molecule has 0 unspecified atom stereocenters. The van der Waals surface area contributed by atoms with Gasteiger partial charge in [-0.3, -0.25) is 9.69 Å². The van der Waals surface area contributed by atoms with Gasteiger partial charge in [-0.1, -0.05) is 24.3 Å². The molecule has 3 rings (SSSR count). The lowest BCUT2D eigenvalue weighted by atomic mass is 10.1. The number of carbonyl (C=O) groups is 1. The fourth-order valence-corrected chi connectivity index (χ4v) is 3.33. The molecule has 2 aromatic rings. The molecule has 2 aromatic carbocycles. The number of carbonyl (C=O) groups excluding carboxylic acids is 1. The summed E-state index contributed by atoms with van der Waals surface area (Å²) < 4.78 is 10.7. The van der Waals surface area contributed by atoms with Crippen LogP contribution in [-0.4, -0.2) is 56.1 Å². The highest BCUT2D eigenvalue weighted by atomic mass is 16.5. The molecule has 1 amide bonds. The minimum Gasteiger partial charge on any atom is -0.493 e. The number of benzene rings is 2. The zero-order valence-corrected chi connectivity index (χ0v) is 15.7. The van der Waals surface area contributed by atoms with E-state index >= 15 is 0 Å². The molecule has 1 heterocycles. The molecule has 5 heteroatoms. The van der Waals surface area contributed by atoms with Crippen LogP contribution in [0.1, 0.15) is 21.5 Å². The van der Waals surface area contributed by atoms with Crippen molar-refractivity contribution in [1.82, 2.24) is 9.80 Å². The van der Waals surface area contributed by atoms with Crippen LogP contribution >= 0.6 is 0 Å². The molecule has 0 bridgehead atoms. The van der Waals surface area contributed by atoms with E-state index in [0.717, 1.165) is 55.3 Å². The van der Waals surface area contributed by atoms with Gasteiger partial charge in [0.2, 0.25) is 0 Å². The van der Waals surface area contributed by atoms with E-state index in [1.54, 1.807) is 14.2 Å². The number of hydrogen-bond acceptors (Lipinski definition) is 4. The highest BCUT2D eigenvalue weighted by Crippen LogP contribution is 2.28. The van der Waals surface area contributed by atoms with Crippen LogP contribution in [0.5, 0.6) is 11.5 Å². The fourth-order valence-electron chi connectivity index (χ4n) is 3.33. The number of ether oxygens (including phenoxy) is 2. The third-order valence-electron chi connectivity index (χ3n) is 4.89. The Morgan fingerprint density at radius 2 is 1.65 bits per heavy atom. The average Bonchev–Trinajstić information content (AvgIpc) is 2.68. The zero-order chi connectivity index (χ0) is 18.5. The molecule has 0 atom stereocenters. The number of piperazine rings is 1. The molecule has 1 saturated heterocycles. The van der Waals surface area contributed by atoms with Gasteiger partial charge in [-0.05, 0) is 36.2 Å². The van der Waals surface area contributed by atoms with Gasteiger partial charge in [0.1, 0.15) is 0 Å². The summed E-state index contributed by atoms with van der Waals surface area (Å²) in [6.45, 7) is 6.06. The first-order valence-electron chi connectivity index (χ1n) is 8.90. The van der Waals surface area contributed by atoms with Crippen molar-refractivity contribution in [3.05, 3.63) is 59.2 Å². The van der Waals surface area contributed by atoms with Gasteiger partial charge in [0.15, 0.2) is 11.5 Å². The first kappa shape index (κ1) is 18.3. The Hall–Kier alpha value is -2.53. The van der Waals surface area contributed by atoms with Crippen LogP contribution in [0.25, 0.3) is 0 Å². The van der Waals surface area contributed by atoms with Gasteiger partial charge in [-0.25, -0.2) is 0 Å². The molecule has 1 fully saturated rings. The SMILES string of the molecule is COc1ccc(CN2CCN(C(=O)c3ccccc3C)CC2)cc1OC. The molecule has 0 aliphatic carbocycles. The predicted octanol–water partition coefficient (Wildman–Crippen LogP) is 2.97. The monoisotopic (exact) mass is 354 g/mol. The fraction of sp³-hybridized carbons (Fsp3) is 0.381. The number of nitrogens with zero attached hydrogens (tertiary/aromatic N) is 2. The second-order valence-electron chi connectivity index (χ2n) is 6.57. The van der Waals surface area contributed by atoms with Crippen molar-refractivity contribution in [2.45, 2.75) is 13.5 Å². The molecule has 0 N–H and O–H groups in total. The topological polar surface area (TPSA) is 42.0 Å². The summed E-state index contributed by atoms with van der Waals surface area (Å²) in [5.74, 6) is 1.62. The minimum absolute atomic E-state index is 0.133. The lowest BCUT2D eigenvalue weighted by Crippen LogP contribution is -2.48. The molecule has 138 valence electrons. The Labute approximate surface area is 155 Å². The van der Waals surface area contributed by atoms with Gasteiger partial charge in [-0.2, -0.15) is 0 Å². The van der Waals surface area contributed by atoms with Gasteiger partial charge in [0, 0.05) is 38.3 Å². The molecule has 0 saturated carbocycles. The summed E-state index contributed by atoms with van der Waals surface area (Å²) >= 11 is 0. The third-order valence-corrected chi connectivity index (χ3v) is 4.89. The molecule has 26 heavy (non-hydrogen) atoms. The van der Waals surface area contributed by atoms with E-state index < -0.39 is 0 Å². The smallest absolute Gasteiger partial charge is 0.254 e. The summed E-state index contributed by atoms with van der Waals surface area (Å²) in [5.41, 5.74) is 3.02. The zero-order valence-electron chi connectivity index (χ0n) is 15.7. The van der Waals surface area contributed by atoms with Crippen molar-refractivity contribution in [2.24, 2.45) is 0 Å². The molecule has 5 nitrogen and oxygen atoms in total. The van der Waals surface area contributed by atoms with E-state index in [0.29, 0.717) is 0 Å². The van der Waals surface area contributed by atoms with Crippen molar-refractivity contribution in [1.29, 1.82) is 0 Å². The maximum absolute atomic E-state index is 12.7. The summed E-state index contributed by atoms with van der Waals surface area (Å²) in [5, 5.41) is 0. The first-order valence-corrected chi connectivity index (χ1v) is 8.90.